The van der Waals surface area contributed by atoms with E-state index in [1.165, 1.54) is 22.3 Å². The van der Waals surface area contributed by atoms with Crippen molar-refractivity contribution >= 4 is 5.69 Å². The summed E-state index contributed by atoms with van der Waals surface area (Å²) in [4.78, 5) is 0. The quantitative estimate of drug-likeness (QED) is 0.885. The molecular weight excluding hydrogens is 258 g/mol. The van der Waals surface area contributed by atoms with E-state index in [0.29, 0.717) is 0 Å². The predicted octanol–water partition coefficient (Wildman–Crippen LogP) is 4.63. The van der Waals surface area contributed by atoms with Gasteiger partial charge in [0.2, 0.25) is 0 Å². The zero-order valence-electron chi connectivity index (χ0n) is 13.3. The van der Waals surface area contributed by atoms with Crippen molar-refractivity contribution in [3.05, 3.63) is 58.7 Å². The minimum atomic E-state index is -0.0844. The molecule has 0 spiro atoms. The molecule has 0 aliphatic carbocycles. The van der Waals surface area contributed by atoms with Gasteiger partial charge in [0, 0.05) is 24.2 Å². The summed E-state index contributed by atoms with van der Waals surface area (Å²) in [6.07, 6.45) is 0.986. The van der Waals surface area contributed by atoms with Crippen molar-refractivity contribution in [1.82, 2.24) is 0 Å². The molecule has 0 bridgehead atoms. The molecule has 2 aromatic carbocycles. The lowest BCUT2D eigenvalue weighted by Crippen LogP contribution is -2.25. The van der Waals surface area contributed by atoms with Crippen molar-refractivity contribution in [2.45, 2.75) is 46.3 Å². The van der Waals surface area contributed by atoms with Crippen LogP contribution in [-0.4, -0.2) is 5.60 Å². The van der Waals surface area contributed by atoms with Gasteiger partial charge in [-0.1, -0.05) is 24.3 Å². The van der Waals surface area contributed by atoms with Crippen LogP contribution in [0.5, 0.6) is 5.75 Å². The second-order valence-electron chi connectivity index (χ2n) is 6.60. The molecule has 1 aliphatic heterocycles. The molecule has 2 nitrogen and oxygen atoms in total. The Morgan fingerprint density at radius 2 is 1.90 bits per heavy atom. The van der Waals surface area contributed by atoms with Gasteiger partial charge in [0.1, 0.15) is 11.4 Å². The van der Waals surface area contributed by atoms with Crippen LogP contribution in [0.3, 0.4) is 0 Å². The average Bonchev–Trinajstić information content (AvgIpc) is 2.74. The van der Waals surface area contributed by atoms with E-state index in [-0.39, 0.29) is 5.60 Å². The Morgan fingerprint density at radius 3 is 2.67 bits per heavy atom. The Labute approximate surface area is 127 Å². The van der Waals surface area contributed by atoms with E-state index in [9.17, 15) is 0 Å². The van der Waals surface area contributed by atoms with Gasteiger partial charge in [-0.05, 0) is 56.5 Å². The van der Waals surface area contributed by atoms with Crippen LogP contribution in [-0.2, 0) is 13.0 Å². The zero-order chi connectivity index (χ0) is 15.0. The van der Waals surface area contributed by atoms with E-state index in [2.05, 4.69) is 69.4 Å². The number of benzene rings is 2. The maximum absolute atomic E-state index is 6.12. The molecule has 21 heavy (non-hydrogen) atoms. The minimum Gasteiger partial charge on any atom is -0.487 e. The Morgan fingerprint density at radius 1 is 1.10 bits per heavy atom. The summed E-state index contributed by atoms with van der Waals surface area (Å²) >= 11 is 0. The number of hydrogen-bond donors (Lipinski definition) is 1. The molecule has 3 rings (SSSR count). The fraction of sp³-hybridized carbons (Fsp3) is 0.368. The monoisotopic (exact) mass is 281 g/mol. The standard InChI is InChI=1S/C19H23NO/c1-13-8-9-17(10-14(13)2)20-12-16-7-5-6-15-11-19(3,4)21-18(15)16/h5-10,20H,11-12H2,1-4H3. The molecule has 1 N–H and O–H groups in total. The topological polar surface area (TPSA) is 21.3 Å². The highest BCUT2D eigenvalue weighted by Crippen LogP contribution is 2.37. The Hall–Kier alpha value is -1.96. The van der Waals surface area contributed by atoms with Crippen LogP contribution in [0.2, 0.25) is 0 Å². The van der Waals surface area contributed by atoms with E-state index >= 15 is 0 Å². The maximum atomic E-state index is 6.12. The van der Waals surface area contributed by atoms with E-state index in [1.807, 2.05) is 0 Å². The first-order chi connectivity index (χ1) is 9.94. The van der Waals surface area contributed by atoms with E-state index in [0.717, 1.165) is 24.4 Å². The number of aryl methyl sites for hydroxylation is 2. The fourth-order valence-corrected chi connectivity index (χ4v) is 2.87. The van der Waals surface area contributed by atoms with Gasteiger partial charge >= 0.3 is 0 Å². The van der Waals surface area contributed by atoms with Crippen LogP contribution in [0.4, 0.5) is 5.69 Å². The lowest BCUT2D eigenvalue weighted by Gasteiger charge is -2.18. The summed E-state index contributed by atoms with van der Waals surface area (Å²) in [5.41, 5.74) is 6.27. The number of hydrogen-bond acceptors (Lipinski definition) is 2. The second kappa shape index (κ2) is 5.10. The lowest BCUT2D eigenvalue weighted by molar-refractivity contribution is 0.137. The molecule has 0 saturated heterocycles. The number of anilines is 1. The van der Waals surface area contributed by atoms with Crippen LogP contribution in [0.15, 0.2) is 36.4 Å². The highest BCUT2D eigenvalue weighted by Gasteiger charge is 2.31. The van der Waals surface area contributed by atoms with Gasteiger partial charge in [0.25, 0.3) is 0 Å². The smallest absolute Gasteiger partial charge is 0.128 e. The number of fused-ring (bicyclic) bond motifs is 1. The van der Waals surface area contributed by atoms with E-state index in [1.54, 1.807) is 0 Å². The summed E-state index contributed by atoms with van der Waals surface area (Å²) in [5.74, 6) is 1.07. The Bertz CT molecular complexity index is 673. The number of nitrogens with one attached hydrogen (secondary N) is 1. The summed E-state index contributed by atoms with van der Waals surface area (Å²) in [5, 5.41) is 3.51. The molecule has 1 aliphatic rings. The molecule has 2 aromatic rings. The van der Waals surface area contributed by atoms with Gasteiger partial charge in [-0.25, -0.2) is 0 Å². The van der Waals surface area contributed by atoms with Crippen LogP contribution in [0.25, 0.3) is 0 Å². The third kappa shape index (κ3) is 2.90. The van der Waals surface area contributed by atoms with Crippen molar-refractivity contribution < 1.29 is 4.74 Å². The first-order valence-electron chi connectivity index (χ1n) is 7.55. The molecule has 0 radical (unpaired) electrons. The van der Waals surface area contributed by atoms with Crippen LogP contribution in [0.1, 0.15) is 36.1 Å². The molecule has 110 valence electrons. The summed E-state index contributed by atoms with van der Waals surface area (Å²) in [6, 6.07) is 12.9. The number of ether oxygens (including phenoxy) is 1. The predicted molar refractivity (Wildman–Crippen MR) is 88.1 cm³/mol. The molecule has 1 heterocycles. The SMILES string of the molecule is Cc1ccc(NCc2cccc3c2OC(C)(C)C3)cc1C. The van der Waals surface area contributed by atoms with Crippen LogP contribution < -0.4 is 10.1 Å². The molecule has 2 heteroatoms. The third-order valence-corrected chi connectivity index (χ3v) is 4.16. The van der Waals surface area contributed by atoms with Crippen LogP contribution in [0, 0.1) is 13.8 Å². The van der Waals surface area contributed by atoms with E-state index in [4.69, 9.17) is 4.74 Å². The molecular formula is C19H23NO. The van der Waals surface area contributed by atoms with Crippen molar-refractivity contribution in [2.24, 2.45) is 0 Å². The van der Waals surface area contributed by atoms with Gasteiger partial charge in [-0.2, -0.15) is 0 Å². The highest BCUT2D eigenvalue weighted by molar-refractivity contribution is 5.51. The Balaban J connectivity index is 1.78. The molecule has 0 amide bonds. The Kier molecular flexibility index (Phi) is 3.40. The largest absolute Gasteiger partial charge is 0.487 e. The third-order valence-electron chi connectivity index (χ3n) is 4.16. The van der Waals surface area contributed by atoms with Crippen molar-refractivity contribution in [3.8, 4) is 5.75 Å². The van der Waals surface area contributed by atoms with Gasteiger partial charge < -0.3 is 10.1 Å². The van der Waals surface area contributed by atoms with E-state index < -0.39 is 0 Å². The minimum absolute atomic E-state index is 0.0844. The first-order valence-corrected chi connectivity index (χ1v) is 7.55. The molecule has 0 unspecified atom stereocenters. The van der Waals surface area contributed by atoms with Crippen molar-refractivity contribution in [3.63, 3.8) is 0 Å². The number of rotatable bonds is 3. The molecule has 0 aromatic heterocycles. The van der Waals surface area contributed by atoms with Gasteiger partial charge in [0.15, 0.2) is 0 Å². The number of para-hydroxylation sites is 1. The summed E-state index contributed by atoms with van der Waals surface area (Å²) < 4.78 is 6.12. The molecule has 0 atom stereocenters. The summed E-state index contributed by atoms with van der Waals surface area (Å²) in [7, 11) is 0. The maximum Gasteiger partial charge on any atom is 0.128 e. The average molecular weight is 281 g/mol. The summed E-state index contributed by atoms with van der Waals surface area (Å²) in [6.45, 7) is 9.37. The van der Waals surface area contributed by atoms with Gasteiger partial charge in [-0.3, -0.25) is 0 Å². The van der Waals surface area contributed by atoms with Crippen LogP contribution >= 0.6 is 0 Å². The lowest BCUT2D eigenvalue weighted by atomic mass is 10.0. The highest BCUT2D eigenvalue weighted by atomic mass is 16.5. The molecule has 0 fully saturated rings. The normalized spacial score (nSPS) is 15.4. The zero-order valence-corrected chi connectivity index (χ0v) is 13.3. The van der Waals surface area contributed by atoms with Gasteiger partial charge in [0.05, 0.1) is 0 Å². The van der Waals surface area contributed by atoms with Crippen molar-refractivity contribution in [1.29, 1.82) is 0 Å². The van der Waals surface area contributed by atoms with Crippen molar-refractivity contribution in [2.75, 3.05) is 5.32 Å². The second-order valence-corrected chi connectivity index (χ2v) is 6.60. The fourth-order valence-electron chi connectivity index (χ4n) is 2.87. The first kappa shape index (κ1) is 14.0. The van der Waals surface area contributed by atoms with Gasteiger partial charge in [-0.15, -0.1) is 0 Å². The molecule has 0 saturated carbocycles.